The SMILES string of the molecule is CCN(CC)C(=O)c1cc(NC(=O)c2ccccc2)ccc1N1CCCN(C(=O)C2CCCC2)CC1. The van der Waals surface area contributed by atoms with Crippen molar-refractivity contribution in [3.8, 4) is 0 Å². The number of nitrogens with zero attached hydrogens (tertiary/aromatic N) is 3. The molecular formula is C29H38N4O3. The van der Waals surface area contributed by atoms with E-state index in [9.17, 15) is 14.4 Å². The van der Waals surface area contributed by atoms with Gasteiger partial charge in [-0.25, -0.2) is 0 Å². The molecule has 192 valence electrons. The van der Waals surface area contributed by atoms with Gasteiger partial charge in [-0.1, -0.05) is 31.0 Å². The summed E-state index contributed by atoms with van der Waals surface area (Å²) in [5.74, 6) is 0.228. The Morgan fingerprint density at radius 2 is 1.61 bits per heavy atom. The number of benzene rings is 2. The van der Waals surface area contributed by atoms with Crippen molar-refractivity contribution >= 4 is 29.1 Å². The van der Waals surface area contributed by atoms with E-state index in [1.165, 1.54) is 0 Å². The summed E-state index contributed by atoms with van der Waals surface area (Å²) in [5, 5.41) is 2.94. The highest BCUT2D eigenvalue weighted by Gasteiger charge is 2.29. The van der Waals surface area contributed by atoms with Gasteiger partial charge in [0.2, 0.25) is 5.91 Å². The average Bonchev–Trinajstić information content (AvgIpc) is 3.34. The third-order valence-corrected chi connectivity index (χ3v) is 7.42. The largest absolute Gasteiger partial charge is 0.369 e. The molecule has 1 N–H and O–H groups in total. The van der Waals surface area contributed by atoms with Crippen molar-refractivity contribution in [1.82, 2.24) is 9.80 Å². The number of carbonyl (C=O) groups is 3. The van der Waals surface area contributed by atoms with E-state index < -0.39 is 0 Å². The second-order valence-corrected chi connectivity index (χ2v) is 9.68. The first-order chi connectivity index (χ1) is 17.5. The molecule has 2 aliphatic rings. The van der Waals surface area contributed by atoms with Crippen molar-refractivity contribution in [2.75, 3.05) is 49.5 Å². The molecule has 3 amide bonds. The third-order valence-electron chi connectivity index (χ3n) is 7.42. The predicted octanol–water partition coefficient (Wildman–Crippen LogP) is 4.65. The number of hydrogen-bond donors (Lipinski definition) is 1. The lowest BCUT2D eigenvalue weighted by atomic mass is 10.1. The molecule has 7 heteroatoms. The van der Waals surface area contributed by atoms with Gasteiger partial charge in [0.15, 0.2) is 0 Å². The summed E-state index contributed by atoms with van der Waals surface area (Å²) in [7, 11) is 0. The number of amides is 3. The van der Waals surface area contributed by atoms with Gasteiger partial charge in [0.05, 0.1) is 5.56 Å². The number of hydrogen-bond acceptors (Lipinski definition) is 4. The van der Waals surface area contributed by atoms with Crippen molar-refractivity contribution in [2.24, 2.45) is 5.92 Å². The molecule has 1 aliphatic carbocycles. The van der Waals surface area contributed by atoms with E-state index in [4.69, 9.17) is 0 Å². The minimum Gasteiger partial charge on any atom is -0.369 e. The van der Waals surface area contributed by atoms with Crippen LogP contribution < -0.4 is 10.2 Å². The van der Waals surface area contributed by atoms with Crippen LogP contribution in [0.5, 0.6) is 0 Å². The molecule has 0 spiro atoms. The molecule has 0 bridgehead atoms. The monoisotopic (exact) mass is 490 g/mol. The maximum absolute atomic E-state index is 13.5. The summed E-state index contributed by atoms with van der Waals surface area (Å²) >= 11 is 0. The standard InChI is InChI=1S/C29H38N4O3/c1-3-31(4-2)29(36)25-21-24(30-27(34)22-11-6-5-7-12-22)15-16-26(25)32-17-10-18-33(20-19-32)28(35)23-13-8-9-14-23/h5-7,11-12,15-16,21,23H,3-4,8-10,13-14,17-20H2,1-2H3,(H,30,34). The van der Waals surface area contributed by atoms with Crippen LogP contribution in [-0.2, 0) is 4.79 Å². The Hall–Kier alpha value is -3.35. The zero-order valence-electron chi connectivity index (χ0n) is 21.5. The van der Waals surface area contributed by atoms with Gasteiger partial charge in [0, 0.05) is 62.1 Å². The summed E-state index contributed by atoms with van der Waals surface area (Å²) in [4.78, 5) is 45.3. The fourth-order valence-electron chi connectivity index (χ4n) is 5.34. The number of rotatable bonds is 7. The smallest absolute Gasteiger partial charge is 0.256 e. The van der Waals surface area contributed by atoms with Gasteiger partial charge in [-0.2, -0.15) is 0 Å². The second kappa shape index (κ2) is 12.1. The molecule has 0 atom stereocenters. The Balaban J connectivity index is 1.56. The van der Waals surface area contributed by atoms with E-state index in [1.807, 2.05) is 49.1 Å². The summed E-state index contributed by atoms with van der Waals surface area (Å²) in [6.07, 6.45) is 5.19. The van der Waals surface area contributed by atoms with Gasteiger partial charge in [-0.05, 0) is 63.4 Å². The first-order valence-corrected chi connectivity index (χ1v) is 13.3. The average molecular weight is 491 g/mol. The highest BCUT2D eigenvalue weighted by atomic mass is 16.2. The molecule has 2 fully saturated rings. The van der Waals surface area contributed by atoms with E-state index in [1.54, 1.807) is 23.1 Å². The maximum atomic E-state index is 13.5. The zero-order valence-corrected chi connectivity index (χ0v) is 21.5. The normalized spacial score (nSPS) is 16.5. The van der Waals surface area contributed by atoms with Crippen LogP contribution in [0.2, 0.25) is 0 Å². The molecule has 36 heavy (non-hydrogen) atoms. The Morgan fingerprint density at radius 1 is 0.889 bits per heavy atom. The molecule has 4 rings (SSSR count). The predicted molar refractivity (Wildman–Crippen MR) is 143 cm³/mol. The molecule has 1 saturated carbocycles. The minimum absolute atomic E-state index is 0.0473. The van der Waals surface area contributed by atoms with E-state index in [0.29, 0.717) is 48.9 Å². The molecule has 2 aromatic carbocycles. The lowest BCUT2D eigenvalue weighted by molar-refractivity contribution is -0.135. The summed E-state index contributed by atoms with van der Waals surface area (Å²) in [6.45, 7) is 8.06. The molecule has 0 radical (unpaired) electrons. The first-order valence-electron chi connectivity index (χ1n) is 13.3. The van der Waals surface area contributed by atoms with E-state index in [-0.39, 0.29) is 17.7 Å². The van der Waals surface area contributed by atoms with Crippen LogP contribution in [0.4, 0.5) is 11.4 Å². The lowest BCUT2D eigenvalue weighted by Crippen LogP contribution is -2.38. The van der Waals surface area contributed by atoms with E-state index in [0.717, 1.165) is 50.9 Å². The van der Waals surface area contributed by atoms with Gasteiger partial charge in [0.25, 0.3) is 11.8 Å². The molecule has 1 aliphatic heterocycles. The molecule has 1 heterocycles. The van der Waals surface area contributed by atoms with Crippen molar-refractivity contribution in [3.05, 3.63) is 59.7 Å². The van der Waals surface area contributed by atoms with Crippen LogP contribution in [0.15, 0.2) is 48.5 Å². The van der Waals surface area contributed by atoms with Gasteiger partial charge >= 0.3 is 0 Å². The summed E-state index contributed by atoms with van der Waals surface area (Å²) in [5.41, 5.74) is 2.61. The number of anilines is 2. The Morgan fingerprint density at radius 3 is 2.31 bits per heavy atom. The third kappa shape index (κ3) is 5.89. The number of nitrogens with one attached hydrogen (secondary N) is 1. The second-order valence-electron chi connectivity index (χ2n) is 9.68. The maximum Gasteiger partial charge on any atom is 0.256 e. The Kier molecular flexibility index (Phi) is 8.62. The summed E-state index contributed by atoms with van der Waals surface area (Å²) < 4.78 is 0. The fourth-order valence-corrected chi connectivity index (χ4v) is 5.34. The minimum atomic E-state index is -0.208. The van der Waals surface area contributed by atoms with Gasteiger partial charge in [-0.3, -0.25) is 14.4 Å². The van der Waals surface area contributed by atoms with Crippen LogP contribution in [0.3, 0.4) is 0 Å². The molecular weight excluding hydrogens is 452 g/mol. The van der Waals surface area contributed by atoms with Crippen LogP contribution >= 0.6 is 0 Å². The molecule has 0 unspecified atom stereocenters. The molecule has 2 aromatic rings. The number of carbonyl (C=O) groups excluding carboxylic acids is 3. The van der Waals surface area contributed by atoms with Crippen molar-refractivity contribution < 1.29 is 14.4 Å². The Bertz CT molecular complexity index is 1060. The lowest BCUT2D eigenvalue weighted by Gasteiger charge is -2.28. The quantitative estimate of drug-likeness (QED) is 0.613. The van der Waals surface area contributed by atoms with Crippen LogP contribution in [0.25, 0.3) is 0 Å². The fraction of sp³-hybridized carbons (Fsp3) is 0.483. The topological polar surface area (TPSA) is 73.0 Å². The van der Waals surface area contributed by atoms with Crippen LogP contribution in [0.1, 0.15) is 66.7 Å². The van der Waals surface area contributed by atoms with E-state index in [2.05, 4.69) is 10.2 Å². The van der Waals surface area contributed by atoms with Crippen LogP contribution in [0, 0.1) is 5.92 Å². The zero-order chi connectivity index (χ0) is 25.5. The highest BCUT2D eigenvalue weighted by Crippen LogP contribution is 2.29. The van der Waals surface area contributed by atoms with Crippen molar-refractivity contribution in [2.45, 2.75) is 46.0 Å². The van der Waals surface area contributed by atoms with Crippen molar-refractivity contribution in [3.63, 3.8) is 0 Å². The first kappa shape index (κ1) is 25.7. The van der Waals surface area contributed by atoms with Crippen molar-refractivity contribution in [1.29, 1.82) is 0 Å². The highest BCUT2D eigenvalue weighted by molar-refractivity contribution is 6.06. The molecule has 7 nitrogen and oxygen atoms in total. The van der Waals surface area contributed by atoms with Gasteiger partial charge in [-0.15, -0.1) is 0 Å². The Labute approximate surface area is 214 Å². The molecule has 1 saturated heterocycles. The van der Waals surface area contributed by atoms with Gasteiger partial charge in [0.1, 0.15) is 0 Å². The van der Waals surface area contributed by atoms with Gasteiger partial charge < -0.3 is 20.0 Å². The summed E-state index contributed by atoms with van der Waals surface area (Å²) in [6, 6.07) is 14.6. The molecule has 0 aromatic heterocycles. The van der Waals surface area contributed by atoms with E-state index >= 15 is 0 Å². The van der Waals surface area contributed by atoms with Crippen LogP contribution in [-0.4, -0.2) is 66.8 Å².